The van der Waals surface area contributed by atoms with Crippen LogP contribution in [0.3, 0.4) is 0 Å². The van der Waals surface area contributed by atoms with Crippen LogP contribution in [0, 0.1) is 0 Å². The van der Waals surface area contributed by atoms with Crippen LogP contribution < -0.4 is 0 Å². The van der Waals surface area contributed by atoms with Crippen LogP contribution in [0.4, 0.5) is 0 Å². The SMILES string of the molecule is CCCC[O][SnH]([Cl])[CH2]CCC.CCCC[O][SnH]([Cl])[CH2]CCC. The van der Waals surface area contributed by atoms with Gasteiger partial charge in [0.1, 0.15) is 0 Å². The first-order valence-electron chi connectivity index (χ1n) is 9.13. The molecule has 0 saturated carbocycles. The van der Waals surface area contributed by atoms with Gasteiger partial charge in [0.25, 0.3) is 0 Å². The molecule has 0 amide bonds. The molecule has 0 rings (SSSR count). The van der Waals surface area contributed by atoms with Crippen molar-refractivity contribution in [3.05, 3.63) is 0 Å². The summed E-state index contributed by atoms with van der Waals surface area (Å²) in [5.74, 6) is 0. The summed E-state index contributed by atoms with van der Waals surface area (Å²) in [4.78, 5) is 0. The molecule has 0 fully saturated rings. The van der Waals surface area contributed by atoms with Gasteiger partial charge in [-0.3, -0.25) is 0 Å². The van der Waals surface area contributed by atoms with Crippen LogP contribution in [-0.2, 0) is 6.15 Å². The average Bonchev–Trinajstić information content (AvgIpc) is 2.52. The summed E-state index contributed by atoms with van der Waals surface area (Å²) in [6, 6.07) is 0. The van der Waals surface area contributed by atoms with E-state index in [1.54, 1.807) is 0 Å². The van der Waals surface area contributed by atoms with Crippen molar-refractivity contribution in [2.45, 2.75) is 87.9 Å². The average molecular weight is 571 g/mol. The molecule has 22 heavy (non-hydrogen) atoms. The summed E-state index contributed by atoms with van der Waals surface area (Å²) in [6.45, 7) is 10.6. The Morgan fingerprint density at radius 1 is 0.591 bits per heavy atom. The van der Waals surface area contributed by atoms with Gasteiger partial charge in [0.05, 0.1) is 0 Å². The standard InChI is InChI=1S/2C4H9O.2C4H9.2ClH.2Sn.2H/c2*1-2-3-4-5;2*1-3-4-2;;;;;;/h2*2-4H2,1H3;2*1,3-4H2,2H3;2*1H;;;;/q2*-1;;;;;2*+2;;/p-2. The predicted molar refractivity (Wildman–Crippen MR) is 107 cm³/mol. The molecule has 0 aromatic rings. The van der Waals surface area contributed by atoms with E-state index >= 15 is 0 Å². The third-order valence-electron chi connectivity index (χ3n) is 3.16. The van der Waals surface area contributed by atoms with E-state index in [1.165, 1.54) is 60.2 Å². The van der Waals surface area contributed by atoms with Crippen LogP contribution in [0.25, 0.3) is 0 Å². The molecule has 0 N–H and O–H groups in total. The van der Waals surface area contributed by atoms with Gasteiger partial charge in [-0.1, -0.05) is 0 Å². The Balaban J connectivity index is 0. The third kappa shape index (κ3) is 24.4. The summed E-state index contributed by atoms with van der Waals surface area (Å²) in [7, 11) is 12.2. The third-order valence-corrected chi connectivity index (χ3v) is 16.1. The fourth-order valence-corrected chi connectivity index (χ4v) is 12.4. The van der Waals surface area contributed by atoms with Gasteiger partial charge in [-0.2, -0.15) is 0 Å². The van der Waals surface area contributed by atoms with Gasteiger partial charge >= 0.3 is 163 Å². The Morgan fingerprint density at radius 3 is 1.18 bits per heavy atom. The van der Waals surface area contributed by atoms with E-state index in [1.807, 2.05) is 0 Å². The second kappa shape index (κ2) is 23.1. The van der Waals surface area contributed by atoms with E-state index in [4.69, 9.17) is 24.0 Å². The molecule has 0 aliphatic rings. The van der Waals surface area contributed by atoms with Crippen LogP contribution in [0.1, 0.15) is 79.1 Å². The molecular formula is C16H38Cl2O2Sn2. The predicted octanol–water partition coefficient (Wildman–Crippen LogP) is 6.13. The van der Waals surface area contributed by atoms with Gasteiger partial charge in [0.2, 0.25) is 0 Å². The molecule has 136 valence electrons. The van der Waals surface area contributed by atoms with Crippen molar-refractivity contribution >= 4 is 55.9 Å². The summed E-state index contributed by atoms with van der Waals surface area (Å²) in [6.07, 6.45) is 9.78. The number of hydrogen-bond donors (Lipinski definition) is 0. The summed E-state index contributed by atoms with van der Waals surface area (Å²) in [5.41, 5.74) is 0. The Morgan fingerprint density at radius 2 is 0.909 bits per heavy atom. The molecular weight excluding hydrogens is 533 g/mol. The topological polar surface area (TPSA) is 18.5 Å². The van der Waals surface area contributed by atoms with E-state index in [0.717, 1.165) is 13.2 Å². The van der Waals surface area contributed by atoms with Gasteiger partial charge in [0.15, 0.2) is 0 Å². The van der Waals surface area contributed by atoms with Crippen molar-refractivity contribution in [3.8, 4) is 0 Å². The summed E-state index contributed by atoms with van der Waals surface area (Å²) < 4.78 is 13.5. The first-order chi connectivity index (χ1) is 10.6. The van der Waals surface area contributed by atoms with E-state index < -0.39 is 38.1 Å². The molecule has 0 spiro atoms. The zero-order valence-electron chi connectivity index (χ0n) is 15.2. The number of unbranched alkanes of at least 4 members (excludes halogenated alkanes) is 4. The van der Waals surface area contributed by atoms with Crippen LogP contribution in [0.15, 0.2) is 0 Å². The van der Waals surface area contributed by atoms with Crippen molar-refractivity contribution < 1.29 is 6.15 Å². The van der Waals surface area contributed by atoms with Gasteiger partial charge < -0.3 is 0 Å². The maximum atomic E-state index is 6.08. The zero-order valence-corrected chi connectivity index (χ0v) is 23.3. The second-order valence-corrected chi connectivity index (χ2v) is 22.0. The van der Waals surface area contributed by atoms with Crippen molar-refractivity contribution in [2.24, 2.45) is 0 Å². The van der Waals surface area contributed by atoms with Gasteiger partial charge in [-0.05, 0) is 0 Å². The first-order valence-corrected chi connectivity index (χ1v) is 24.8. The maximum absolute atomic E-state index is 6.08. The van der Waals surface area contributed by atoms with E-state index in [9.17, 15) is 0 Å². The van der Waals surface area contributed by atoms with Crippen molar-refractivity contribution in [3.63, 3.8) is 0 Å². The van der Waals surface area contributed by atoms with Crippen molar-refractivity contribution in [1.82, 2.24) is 0 Å². The van der Waals surface area contributed by atoms with Crippen LogP contribution in [-0.4, -0.2) is 51.3 Å². The Bertz CT molecular complexity index is 181. The fraction of sp³-hybridized carbons (Fsp3) is 1.00. The number of rotatable bonds is 14. The fourth-order valence-electron chi connectivity index (χ4n) is 1.61. The van der Waals surface area contributed by atoms with Gasteiger partial charge in [-0.25, -0.2) is 0 Å². The molecule has 6 heteroatoms. The monoisotopic (exact) mass is 572 g/mol. The first kappa shape index (κ1) is 26.3. The minimum atomic E-state index is -1.91. The number of halogens is 2. The molecule has 2 unspecified atom stereocenters. The molecule has 0 aliphatic heterocycles. The molecule has 0 aliphatic carbocycles. The van der Waals surface area contributed by atoms with Crippen molar-refractivity contribution in [1.29, 1.82) is 0 Å². The Labute approximate surface area is 162 Å². The van der Waals surface area contributed by atoms with E-state index in [0.29, 0.717) is 0 Å². The van der Waals surface area contributed by atoms with Crippen molar-refractivity contribution in [2.75, 3.05) is 13.2 Å². The summed E-state index contributed by atoms with van der Waals surface area (Å²) >= 11 is -3.81. The van der Waals surface area contributed by atoms with Crippen LogP contribution in [0.2, 0.25) is 8.87 Å². The van der Waals surface area contributed by atoms with Crippen LogP contribution in [0.5, 0.6) is 0 Å². The van der Waals surface area contributed by atoms with E-state index in [-0.39, 0.29) is 0 Å². The molecule has 2 atom stereocenters. The summed E-state index contributed by atoms with van der Waals surface area (Å²) in [5, 5.41) is 0. The quantitative estimate of drug-likeness (QED) is 0.185. The molecule has 0 saturated heterocycles. The second-order valence-electron chi connectivity index (χ2n) is 5.55. The number of hydrogen-bond acceptors (Lipinski definition) is 2. The molecule has 0 aromatic carbocycles. The molecule has 2 nitrogen and oxygen atoms in total. The Kier molecular flexibility index (Phi) is 27.6. The zero-order chi connectivity index (χ0) is 17.1. The molecule has 0 bridgehead atoms. The van der Waals surface area contributed by atoms with E-state index in [2.05, 4.69) is 27.7 Å². The molecule has 0 heterocycles. The van der Waals surface area contributed by atoms with Gasteiger partial charge in [-0.15, -0.1) is 0 Å². The normalized spacial score (nSPS) is 13.4. The van der Waals surface area contributed by atoms with Gasteiger partial charge in [0, 0.05) is 0 Å². The Hall–Kier alpha value is 2.10. The molecule has 0 aromatic heterocycles. The minimum absolute atomic E-state index is 0.907. The molecule has 0 radical (unpaired) electrons. The van der Waals surface area contributed by atoms with Crippen LogP contribution >= 0.6 is 17.8 Å².